The van der Waals surface area contributed by atoms with Crippen molar-refractivity contribution in [2.75, 3.05) is 26.5 Å². The highest BCUT2D eigenvalue weighted by atomic mass is 16.7. The zero-order valence-electron chi connectivity index (χ0n) is 19.7. The normalized spacial score (nSPS) is 15.4. The van der Waals surface area contributed by atoms with Crippen LogP contribution < -0.4 is 14.2 Å². The number of rotatable bonds is 7. The minimum atomic E-state index is 0.0629. The van der Waals surface area contributed by atoms with Crippen LogP contribution in [0.15, 0.2) is 66.7 Å². The van der Waals surface area contributed by atoms with Crippen molar-refractivity contribution >= 4 is 5.91 Å². The van der Waals surface area contributed by atoms with Crippen LogP contribution in [0.2, 0.25) is 0 Å². The Balaban J connectivity index is 1.10. The number of carbonyl (C=O) groups is 1. The van der Waals surface area contributed by atoms with Crippen molar-refractivity contribution in [3.8, 4) is 28.4 Å². The number of hydrogen-bond donors (Lipinski definition) is 0. The highest BCUT2D eigenvalue weighted by molar-refractivity contribution is 5.78. The van der Waals surface area contributed by atoms with Gasteiger partial charge in [0.25, 0.3) is 5.91 Å². The summed E-state index contributed by atoms with van der Waals surface area (Å²) in [5.74, 6) is 3.13. The molecule has 0 aliphatic carbocycles. The van der Waals surface area contributed by atoms with Gasteiger partial charge in [-0.25, -0.2) is 0 Å². The van der Waals surface area contributed by atoms with Gasteiger partial charge >= 0.3 is 0 Å². The third-order valence-electron chi connectivity index (χ3n) is 6.85. The maximum Gasteiger partial charge on any atom is 0.260 e. The van der Waals surface area contributed by atoms with E-state index >= 15 is 0 Å². The van der Waals surface area contributed by atoms with Crippen LogP contribution in [0.25, 0.3) is 11.1 Å². The molecule has 3 aromatic carbocycles. The van der Waals surface area contributed by atoms with Gasteiger partial charge in [-0.2, -0.15) is 0 Å². The summed E-state index contributed by atoms with van der Waals surface area (Å²) >= 11 is 0. The van der Waals surface area contributed by atoms with Gasteiger partial charge in [0.05, 0.1) is 0 Å². The Morgan fingerprint density at radius 2 is 1.74 bits per heavy atom. The van der Waals surface area contributed by atoms with Crippen LogP contribution in [0.3, 0.4) is 0 Å². The molecule has 176 valence electrons. The standard InChI is InChI=1S/C29H31NO4/c1-21-6-11-24(12-7-21)25-4-2-3-5-26(25)32-19-29(31)30-16-14-22(15-17-30)8-9-23-10-13-27-28(18-23)34-20-33-27/h2-7,10-13,18,22H,8-9,14-17,19-20H2,1H3. The number of benzene rings is 3. The fourth-order valence-corrected chi connectivity index (χ4v) is 4.73. The van der Waals surface area contributed by atoms with E-state index in [1.807, 2.05) is 35.2 Å². The second-order valence-electron chi connectivity index (χ2n) is 9.20. The summed E-state index contributed by atoms with van der Waals surface area (Å²) in [4.78, 5) is 14.8. The molecule has 1 saturated heterocycles. The van der Waals surface area contributed by atoms with Crippen molar-refractivity contribution in [3.63, 3.8) is 0 Å². The minimum Gasteiger partial charge on any atom is -0.483 e. The van der Waals surface area contributed by atoms with Crippen molar-refractivity contribution in [2.45, 2.75) is 32.6 Å². The summed E-state index contributed by atoms with van der Waals surface area (Å²) < 4.78 is 16.9. The van der Waals surface area contributed by atoms with Crippen LogP contribution in [0.1, 0.15) is 30.4 Å². The maximum absolute atomic E-state index is 12.8. The van der Waals surface area contributed by atoms with Gasteiger partial charge in [0, 0.05) is 18.7 Å². The lowest BCUT2D eigenvalue weighted by molar-refractivity contribution is -0.134. The third kappa shape index (κ3) is 5.19. The van der Waals surface area contributed by atoms with Crippen molar-refractivity contribution in [1.29, 1.82) is 0 Å². The van der Waals surface area contributed by atoms with Crippen LogP contribution in [-0.2, 0) is 11.2 Å². The van der Waals surface area contributed by atoms with Gasteiger partial charge in [0.2, 0.25) is 6.79 Å². The van der Waals surface area contributed by atoms with Gasteiger partial charge in [0.15, 0.2) is 18.1 Å². The summed E-state index contributed by atoms with van der Waals surface area (Å²) in [6.45, 7) is 4.06. The second-order valence-corrected chi connectivity index (χ2v) is 9.20. The lowest BCUT2D eigenvalue weighted by Crippen LogP contribution is -2.41. The third-order valence-corrected chi connectivity index (χ3v) is 6.85. The number of hydrogen-bond acceptors (Lipinski definition) is 4. The molecular formula is C29H31NO4. The highest BCUT2D eigenvalue weighted by Crippen LogP contribution is 2.34. The average molecular weight is 458 g/mol. The van der Waals surface area contributed by atoms with Crippen molar-refractivity contribution in [2.24, 2.45) is 5.92 Å². The zero-order chi connectivity index (χ0) is 23.3. The number of nitrogens with zero attached hydrogens (tertiary/aromatic N) is 1. The zero-order valence-corrected chi connectivity index (χ0v) is 19.7. The second kappa shape index (κ2) is 10.2. The van der Waals surface area contributed by atoms with Gasteiger partial charge in [-0.15, -0.1) is 0 Å². The molecule has 0 radical (unpaired) electrons. The lowest BCUT2D eigenvalue weighted by Gasteiger charge is -2.32. The van der Waals surface area contributed by atoms with Crippen LogP contribution in [0.5, 0.6) is 17.2 Å². The number of amides is 1. The highest BCUT2D eigenvalue weighted by Gasteiger charge is 2.23. The summed E-state index contributed by atoms with van der Waals surface area (Å²) in [7, 11) is 0. The van der Waals surface area contributed by atoms with Gasteiger partial charge in [-0.1, -0.05) is 54.1 Å². The first-order valence-electron chi connectivity index (χ1n) is 12.1. The number of piperidine rings is 1. The van der Waals surface area contributed by atoms with Gasteiger partial charge in [-0.3, -0.25) is 4.79 Å². The molecule has 0 saturated carbocycles. The van der Waals surface area contributed by atoms with E-state index in [0.29, 0.717) is 12.7 Å². The monoisotopic (exact) mass is 457 g/mol. The Hall–Kier alpha value is -3.47. The molecule has 2 aliphatic heterocycles. The maximum atomic E-state index is 12.8. The van der Waals surface area contributed by atoms with E-state index < -0.39 is 0 Å². The SMILES string of the molecule is Cc1ccc(-c2ccccc2OCC(=O)N2CCC(CCc3ccc4c(c3)OCO4)CC2)cc1. The van der Waals surface area contributed by atoms with E-state index in [1.54, 1.807) is 0 Å². The predicted octanol–water partition coefficient (Wildman–Crippen LogP) is 5.64. The molecule has 0 aromatic heterocycles. The molecule has 0 atom stereocenters. The summed E-state index contributed by atoms with van der Waals surface area (Å²) in [6.07, 6.45) is 4.22. The smallest absolute Gasteiger partial charge is 0.260 e. The molecule has 5 rings (SSSR count). The summed E-state index contributed by atoms with van der Waals surface area (Å²) in [5, 5.41) is 0. The van der Waals surface area contributed by atoms with Crippen molar-refractivity contribution in [1.82, 2.24) is 4.90 Å². The molecule has 1 amide bonds. The fraction of sp³-hybridized carbons (Fsp3) is 0.345. The first-order valence-corrected chi connectivity index (χ1v) is 12.1. The van der Waals surface area contributed by atoms with E-state index in [-0.39, 0.29) is 12.5 Å². The number of fused-ring (bicyclic) bond motifs is 1. The van der Waals surface area contributed by atoms with E-state index in [1.165, 1.54) is 11.1 Å². The molecular weight excluding hydrogens is 426 g/mol. The van der Waals surface area contributed by atoms with Crippen LogP contribution in [0, 0.1) is 12.8 Å². The van der Waals surface area contributed by atoms with Crippen LogP contribution in [0.4, 0.5) is 0 Å². The Kier molecular flexibility index (Phi) is 6.70. The quantitative estimate of drug-likeness (QED) is 0.461. The Morgan fingerprint density at radius 1 is 0.971 bits per heavy atom. The number of para-hydroxylation sites is 1. The largest absolute Gasteiger partial charge is 0.483 e. The molecule has 3 aromatic rings. The Bertz CT molecular complexity index is 1130. The number of ether oxygens (including phenoxy) is 3. The van der Waals surface area contributed by atoms with E-state index in [4.69, 9.17) is 14.2 Å². The van der Waals surface area contributed by atoms with Crippen LogP contribution in [-0.4, -0.2) is 37.3 Å². The summed E-state index contributed by atoms with van der Waals surface area (Å²) in [6, 6.07) is 22.5. The topological polar surface area (TPSA) is 48.0 Å². The van der Waals surface area contributed by atoms with Crippen molar-refractivity contribution < 1.29 is 19.0 Å². The molecule has 0 N–H and O–H groups in total. The molecule has 2 heterocycles. The fourth-order valence-electron chi connectivity index (χ4n) is 4.73. The molecule has 5 nitrogen and oxygen atoms in total. The minimum absolute atomic E-state index is 0.0629. The Labute approximate surface area is 201 Å². The molecule has 2 aliphatic rings. The lowest BCUT2D eigenvalue weighted by atomic mass is 9.90. The van der Waals surface area contributed by atoms with E-state index in [9.17, 15) is 4.79 Å². The molecule has 0 spiro atoms. The van der Waals surface area contributed by atoms with E-state index in [0.717, 1.165) is 67.1 Å². The van der Waals surface area contributed by atoms with E-state index in [2.05, 4.69) is 43.3 Å². The molecule has 0 bridgehead atoms. The first-order chi connectivity index (χ1) is 16.7. The Morgan fingerprint density at radius 3 is 2.56 bits per heavy atom. The molecule has 0 unspecified atom stereocenters. The predicted molar refractivity (Wildman–Crippen MR) is 132 cm³/mol. The number of likely N-dealkylation sites (tertiary alicyclic amines) is 1. The molecule has 5 heteroatoms. The number of aryl methyl sites for hydroxylation is 2. The summed E-state index contributed by atoms with van der Waals surface area (Å²) in [5.41, 5.74) is 4.61. The number of carbonyl (C=O) groups excluding carboxylic acids is 1. The molecule has 34 heavy (non-hydrogen) atoms. The van der Waals surface area contributed by atoms with Gasteiger partial charge in [-0.05, 0) is 67.9 Å². The van der Waals surface area contributed by atoms with Crippen LogP contribution >= 0.6 is 0 Å². The van der Waals surface area contributed by atoms with Gasteiger partial charge < -0.3 is 19.1 Å². The molecule has 1 fully saturated rings. The van der Waals surface area contributed by atoms with Crippen molar-refractivity contribution in [3.05, 3.63) is 77.9 Å². The average Bonchev–Trinajstić information content (AvgIpc) is 3.35. The first kappa shape index (κ1) is 22.3. The van der Waals surface area contributed by atoms with Gasteiger partial charge in [0.1, 0.15) is 5.75 Å².